The van der Waals surface area contributed by atoms with Gasteiger partial charge in [0.2, 0.25) is 11.8 Å². The summed E-state index contributed by atoms with van der Waals surface area (Å²) in [6, 6.07) is 2.60. The van der Waals surface area contributed by atoms with E-state index in [1.54, 1.807) is 0 Å². The first-order chi connectivity index (χ1) is 12.9. The van der Waals surface area contributed by atoms with Crippen molar-refractivity contribution < 1.29 is 33.0 Å². The average Bonchev–Trinajstić information content (AvgIpc) is 3.01. The summed E-state index contributed by atoms with van der Waals surface area (Å²) in [5.41, 5.74) is -0.0902. The Kier molecular flexibility index (Phi) is 5.69. The molecule has 0 radical (unpaired) electrons. The first-order valence-corrected chi connectivity index (χ1v) is 8.72. The first kappa shape index (κ1) is 19.2. The van der Waals surface area contributed by atoms with Crippen LogP contribution in [0, 0.1) is 17.6 Å². The van der Waals surface area contributed by atoms with Crippen molar-refractivity contribution in [2.24, 2.45) is 5.92 Å². The standard InChI is InChI=1S/C18H20F2N2O5/c19-12-1-2-15(14(20)8-12)22-9-11(7-16(22)23)18(26)21(10-17(24)25)13-3-5-27-6-4-13/h1-2,8,11,13H,3-7,9-10H2,(H,24,25)/t11-/m1/s1. The molecule has 1 aromatic carbocycles. The molecule has 7 nitrogen and oxygen atoms in total. The number of carbonyl (C=O) groups excluding carboxylic acids is 2. The van der Waals surface area contributed by atoms with Crippen LogP contribution in [0.15, 0.2) is 18.2 Å². The fraction of sp³-hybridized carbons (Fsp3) is 0.500. The molecule has 1 atom stereocenters. The fourth-order valence-corrected chi connectivity index (χ4v) is 3.57. The summed E-state index contributed by atoms with van der Waals surface area (Å²) < 4.78 is 32.4. The van der Waals surface area contributed by atoms with E-state index in [0.29, 0.717) is 32.1 Å². The second-order valence-corrected chi connectivity index (χ2v) is 6.70. The molecule has 2 aliphatic rings. The summed E-state index contributed by atoms with van der Waals surface area (Å²) in [6.07, 6.45) is 0.904. The van der Waals surface area contributed by atoms with Crippen LogP contribution in [-0.4, -0.2) is 60.1 Å². The van der Waals surface area contributed by atoms with Crippen LogP contribution in [0.5, 0.6) is 0 Å². The molecule has 1 aromatic rings. The van der Waals surface area contributed by atoms with E-state index in [-0.39, 0.29) is 24.7 Å². The molecule has 0 aromatic heterocycles. The minimum absolute atomic E-state index is 0.0699. The van der Waals surface area contributed by atoms with E-state index in [1.165, 1.54) is 4.90 Å². The molecule has 3 rings (SSSR count). The number of carbonyl (C=O) groups is 3. The van der Waals surface area contributed by atoms with E-state index in [4.69, 9.17) is 9.84 Å². The number of rotatable bonds is 5. The number of carboxylic acids is 1. The molecule has 0 saturated carbocycles. The maximum absolute atomic E-state index is 14.0. The van der Waals surface area contributed by atoms with Gasteiger partial charge in [-0.15, -0.1) is 0 Å². The molecular weight excluding hydrogens is 362 g/mol. The Balaban J connectivity index is 1.77. The lowest BCUT2D eigenvalue weighted by Gasteiger charge is -2.34. The third kappa shape index (κ3) is 4.24. The highest BCUT2D eigenvalue weighted by Gasteiger charge is 2.40. The van der Waals surface area contributed by atoms with Crippen LogP contribution in [0.4, 0.5) is 14.5 Å². The molecule has 2 saturated heterocycles. The minimum Gasteiger partial charge on any atom is -0.480 e. The van der Waals surface area contributed by atoms with Crippen LogP contribution in [-0.2, 0) is 19.1 Å². The second kappa shape index (κ2) is 7.99. The third-order valence-corrected chi connectivity index (χ3v) is 4.90. The van der Waals surface area contributed by atoms with Gasteiger partial charge < -0.3 is 19.6 Å². The number of benzene rings is 1. The topological polar surface area (TPSA) is 87.2 Å². The maximum Gasteiger partial charge on any atom is 0.323 e. The molecule has 2 heterocycles. The zero-order chi connectivity index (χ0) is 19.6. The number of carboxylic acid groups (broad SMARTS) is 1. The monoisotopic (exact) mass is 382 g/mol. The summed E-state index contributed by atoms with van der Waals surface area (Å²) in [4.78, 5) is 38.8. The predicted octanol–water partition coefficient (Wildman–Crippen LogP) is 1.41. The molecule has 146 valence electrons. The van der Waals surface area contributed by atoms with Crippen molar-refractivity contribution in [3.63, 3.8) is 0 Å². The van der Waals surface area contributed by atoms with Crippen LogP contribution < -0.4 is 4.90 Å². The molecule has 2 fully saturated rings. The SMILES string of the molecule is O=C(O)CN(C(=O)[C@@H]1CC(=O)N(c2ccc(F)cc2F)C1)C1CCOCC1. The zero-order valence-electron chi connectivity index (χ0n) is 14.6. The van der Waals surface area contributed by atoms with Gasteiger partial charge >= 0.3 is 5.97 Å². The molecule has 0 aliphatic carbocycles. The maximum atomic E-state index is 14.0. The highest BCUT2D eigenvalue weighted by molar-refractivity contribution is 6.00. The average molecular weight is 382 g/mol. The van der Waals surface area contributed by atoms with Gasteiger partial charge in [0.05, 0.1) is 11.6 Å². The van der Waals surface area contributed by atoms with Gasteiger partial charge in [0.25, 0.3) is 0 Å². The fourth-order valence-electron chi connectivity index (χ4n) is 3.57. The lowest BCUT2D eigenvalue weighted by atomic mass is 10.0. The minimum atomic E-state index is -1.14. The number of nitrogens with zero attached hydrogens (tertiary/aromatic N) is 2. The van der Waals surface area contributed by atoms with Crippen molar-refractivity contribution >= 4 is 23.5 Å². The highest BCUT2D eigenvalue weighted by Crippen LogP contribution is 2.30. The molecule has 2 aliphatic heterocycles. The lowest BCUT2D eigenvalue weighted by molar-refractivity contribution is -0.149. The largest absolute Gasteiger partial charge is 0.480 e. The summed E-state index contributed by atoms with van der Waals surface area (Å²) in [5, 5.41) is 9.16. The summed E-state index contributed by atoms with van der Waals surface area (Å²) in [6.45, 7) is 0.341. The van der Waals surface area contributed by atoms with Crippen molar-refractivity contribution in [1.29, 1.82) is 0 Å². The number of anilines is 1. The molecule has 1 N–H and O–H groups in total. The van der Waals surface area contributed by atoms with Gasteiger partial charge in [0.1, 0.15) is 18.2 Å². The van der Waals surface area contributed by atoms with Gasteiger partial charge in [0.15, 0.2) is 0 Å². The van der Waals surface area contributed by atoms with Gasteiger partial charge in [-0.3, -0.25) is 14.4 Å². The number of ether oxygens (including phenoxy) is 1. The van der Waals surface area contributed by atoms with Crippen molar-refractivity contribution in [3.8, 4) is 0 Å². The van der Waals surface area contributed by atoms with Gasteiger partial charge in [-0.2, -0.15) is 0 Å². The summed E-state index contributed by atoms with van der Waals surface area (Å²) >= 11 is 0. The van der Waals surface area contributed by atoms with Crippen LogP contribution in [0.25, 0.3) is 0 Å². The lowest BCUT2D eigenvalue weighted by Crippen LogP contribution is -2.48. The molecule has 0 spiro atoms. The van der Waals surface area contributed by atoms with Crippen molar-refractivity contribution in [3.05, 3.63) is 29.8 Å². The number of hydrogen-bond acceptors (Lipinski definition) is 4. The van der Waals surface area contributed by atoms with Gasteiger partial charge in [0, 0.05) is 38.3 Å². The van der Waals surface area contributed by atoms with Gasteiger partial charge in [-0.25, -0.2) is 8.78 Å². The van der Waals surface area contributed by atoms with E-state index < -0.39 is 41.9 Å². The number of hydrogen-bond donors (Lipinski definition) is 1. The van der Waals surface area contributed by atoms with Crippen LogP contribution in [0.2, 0.25) is 0 Å². The van der Waals surface area contributed by atoms with E-state index in [9.17, 15) is 23.2 Å². The molecule has 9 heteroatoms. The molecule has 2 amide bonds. The summed E-state index contributed by atoms with van der Waals surface area (Å²) in [7, 11) is 0. The molecule has 0 bridgehead atoms. The van der Waals surface area contributed by atoms with E-state index in [1.807, 2.05) is 0 Å². The Labute approximate surface area is 154 Å². The van der Waals surface area contributed by atoms with Crippen LogP contribution in [0.3, 0.4) is 0 Å². The normalized spacial score (nSPS) is 20.7. The first-order valence-electron chi connectivity index (χ1n) is 8.72. The predicted molar refractivity (Wildman–Crippen MR) is 90.0 cm³/mol. The van der Waals surface area contributed by atoms with Crippen molar-refractivity contribution in [1.82, 2.24) is 4.90 Å². The van der Waals surface area contributed by atoms with Crippen LogP contribution in [0.1, 0.15) is 19.3 Å². The smallest absolute Gasteiger partial charge is 0.323 e. The Morgan fingerprint density at radius 3 is 2.59 bits per heavy atom. The quantitative estimate of drug-likeness (QED) is 0.832. The van der Waals surface area contributed by atoms with Gasteiger partial charge in [-0.1, -0.05) is 0 Å². The Bertz CT molecular complexity index is 751. The second-order valence-electron chi connectivity index (χ2n) is 6.70. The van der Waals surface area contributed by atoms with E-state index >= 15 is 0 Å². The van der Waals surface area contributed by atoms with Gasteiger partial charge in [-0.05, 0) is 25.0 Å². The Hall–Kier alpha value is -2.55. The van der Waals surface area contributed by atoms with Crippen LogP contribution >= 0.6 is 0 Å². The van der Waals surface area contributed by atoms with E-state index in [0.717, 1.165) is 17.0 Å². The Morgan fingerprint density at radius 2 is 1.96 bits per heavy atom. The third-order valence-electron chi connectivity index (χ3n) is 4.90. The Morgan fingerprint density at radius 1 is 1.26 bits per heavy atom. The highest BCUT2D eigenvalue weighted by atomic mass is 19.1. The molecule has 27 heavy (non-hydrogen) atoms. The number of aliphatic carboxylic acids is 1. The molecular formula is C18H20F2N2O5. The van der Waals surface area contributed by atoms with Crippen molar-refractivity contribution in [2.45, 2.75) is 25.3 Å². The number of amides is 2. The molecule has 0 unspecified atom stereocenters. The zero-order valence-corrected chi connectivity index (χ0v) is 14.6. The van der Waals surface area contributed by atoms with E-state index in [2.05, 4.69) is 0 Å². The summed E-state index contributed by atoms with van der Waals surface area (Å²) in [5.74, 6) is -4.46. The van der Waals surface area contributed by atoms with Crippen molar-refractivity contribution in [2.75, 3.05) is 31.2 Å². The number of halogens is 2.